The highest BCUT2D eigenvalue weighted by molar-refractivity contribution is 4.87. The predicted octanol–water partition coefficient (Wildman–Crippen LogP) is -1.09. The van der Waals surface area contributed by atoms with Gasteiger partial charge in [0, 0.05) is 13.1 Å². The first-order valence-electron chi connectivity index (χ1n) is 5.60. The van der Waals surface area contributed by atoms with Crippen molar-refractivity contribution in [1.82, 2.24) is 4.90 Å². The van der Waals surface area contributed by atoms with Crippen molar-refractivity contribution >= 4 is 0 Å². The SMILES string of the molecule is O[C@@H]1[C@@H](O)[C@@H](N2CCCCC2)OC[C@H]1O. The summed E-state index contributed by atoms with van der Waals surface area (Å²) >= 11 is 0. The van der Waals surface area contributed by atoms with E-state index in [9.17, 15) is 15.3 Å². The van der Waals surface area contributed by atoms with Crippen molar-refractivity contribution in [2.24, 2.45) is 0 Å². The smallest absolute Gasteiger partial charge is 0.139 e. The van der Waals surface area contributed by atoms with E-state index in [-0.39, 0.29) is 6.61 Å². The molecular weight excluding hydrogens is 198 g/mol. The number of hydrogen-bond donors (Lipinski definition) is 3. The minimum Gasteiger partial charge on any atom is -0.388 e. The Morgan fingerprint density at radius 3 is 2.27 bits per heavy atom. The second-order valence-corrected chi connectivity index (χ2v) is 4.37. The van der Waals surface area contributed by atoms with Gasteiger partial charge < -0.3 is 20.1 Å². The highest BCUT2D eigenvalue weighted by atomic mass is 16.5. The van der Waals surface area contributed by atoms with Crippen molar-refractivity contribution in [3.05, 3.63) is 0 Å². The Hall–Kier alpha value is -0.200. The Kier molecular flexibility index (Phi) is 3.58. The summed E-state index contributed by atoms with van der Waals surface area (Å²) in [6, 6.07) is 0. The third kappa shape index (κ3) is 2.32. The first kappa shape index (κ1) is 11.3. The highest BCUT2D eigenvalue weighted by Gasteiger charge is 2.40. The van der Waals surface area contributed by atoms with Crippen LogP contribution in [0.25, 0.3) is 0 Å². The van der Waals surface area contributed by atoms with Gasteiger partial charge in [0.2, 0.25) is 0 Å². The molecule has 15 heavy (non-hydrogen) atoms. The fraction of sp³-hybridized carbons (Fsp3) is 1.00. The predicted molar refractivity (Wildman–Crippen MR) is 53.2 cm³/mol. The monoisotopic (exact) mass is 217 g/mol. The number of hydrogen-bond acceptors (Lipinski definition) is 5. The number of piperidine rings is 1. The number of aliphatic hydroxyl groups excluding tert-OH is 3. The average Bonchev–Trinajstić information content (AvgIpc) is 2.27. The molecule has 2 fully saturated rings. The third-order valence-electron chi connectivity index (χ3n) is 3.22. The molecule has 2 rings (SSSR count). The van der Waals surface area contributed by atoms with E-state index in [1.54, 1.807) is 0 Å². The molecule has 0 aromatic rings. The molecule has 0 unspecified atom stereocenters. The highest BCUT2D eigenvalue weighted by Crippen LogP contribution is 2.21. The van der Waals surface area contributed by atoms with Gasteiger partial charge in [-0.05, 0) is 12.8 Å². The third-order valence-corrected chi connectivity index (χ3v) is 3.22. The van der Waals surface area contributed by atoms with Crippen LogP contribution < -0.4 is 0 Å². The van der Waals surface area contributed by atoms with E-state index in [0.717, 1.165) is 25.9 Å². The second-order valence-electron chi connectivity index (χ2n) is 4.37. The summed E-state index contributed by atoms with van der Waals surface area (Å²) in [5, 5.41) is 28.6. The minimum atomic E-state index is -1.09. The van der Waals surface area contributed by atoms with E-state index in [1.807, 2.05) is 4.90 Å². The molecule has 2 heterocycles. The summed E-state index contributed by atoms with van der Waals surface area (Å²) < 4.78 is 5.38. The summed E-state index contributed by atoms with van der Waals surface area (Å²) in [5.41, 5.74) is 0. The van der Waals surface area contributed by atoms with Gasteiger partial charge in [-0.3, -0.25) is 4.90 Å². The normalized spacial score (nSPS) is 44.2. The topological polar surface area (TPSA) is 73.2 Å². The average molecular weight is 217 g/mol. The van der Waals surface area contributed by atoms with Crippen molar-refractivity contribution in [3.63, 3.8) is 0 Å². The number of ether oxygens (including phenoxy) is 1. The minimum absolute atomic E-state index is 0.0966. The van der Waals surface area contributed by atoms with E-state index in [1.165, 1.54) is 6.42 Å². The quantitative estimate of drug-likeness (QED) is 0.520. The van der Waals surface area contributed by atoms with Crippen LogP contribution in [0.2, 0.25) is 0 Å². The van der Waals surface area contributed by atoms with Gasteiger partial charge in [-0.1, -0.05) is 6.42 Å². The lowest BCUT2D eigenvalue weighted by Gasteiger charge is -2.42. The van der Waals surface area contributed by atoms with Gasteiger partial charge in [0.15, 0.2) is 0 Å². The van der Waals surface area contributed by atoms with Crippen LogP contribution in [-0.4, -0.2) is 64.5 Å². The lowest BCUT2D eigenvalue weighted by molar-refractivity contribution is -0.230. The lowest BCUT2D eigenvalue weighted by Crippen LogP contribution is -2.59. The van der Waals surface area contributed by atoms with Crippen molar-refractivity contribution in [2.75, 3.05) is 19.7 Å². The zero-order chi connectivity index (χ0) is 10.8. The molecule has 5 nitrogen and oxygen atoms in total. The van der Waals surface area contributed by atoms with Crippen LogP contribution in [-0.2, 0) is 4.74 Å². The summed E-state index contributed by atoms with van der Waals surface area (Å²) in [4.78, 5) is 2.04. The van der Waals surface area contributed by atoms with Crippen LogP contribution in [0.1, 0.15) is 19.3 Å². The van der Waals surface area contributed by atoms with E-state index in [0.29, 0.717) is 0 Å². The summed E-state index contributed by atoms with van der Waals surface area (Å²) in [6.07, 6.45) is -0.108. The molecule has 0 bridgehead atoms. The molecule has 5 heteroatoms. The summed E-state index contributed by atoms with van der Waals surface area (Å²) in [5.74, 6) is 0. The molecular formula is C10H19NO4. The molecule has 4 atom stereocenters. The zero-order valence-corrected chi connectivity index (χ0v) is 8.75. The number of rotatable bonds is 1. The van der Waals surface area contributed by atoms with E-state index < -0.39 is 24.5 Å². The van der Waals surface area contributed by atoms with Crippen molar-refractivity contribution in [1.29, 1.82) is 0 Å². The number of nitrogens with zero attached hydrogens (tertiary/aromatic N) is 1. The van der Waals surface area contributed by atoms with Crippen LogP contribution in [0.4, 0.5) is 0 Å². The zero-order valence-electron chi connectivity index (χ0n) is 8.75. The fourth-order valence-corrected chi connectivity index (χ4v) is 2.28. The van der Waals surface area contributed by atoms with Crippen LogP contribution in [0.5, 0.6) is 0 Å². The standard InChI is InChI=1S/C10H19NO4/c12-7-6-15-10(9(14)8(7)13)11-4-2-1-3-5-11/h7-10,12-14H,1-6H2/t7-,8+,9-,10+/m1/s1. The van der Waals surface area contributed by atoms with Gasteiger partial charge >= 0.3 is 0 Å². The Morgan fingerprint density at radius 2 is 1.60 bits per heavy atom. The Morgan fingerprint density at radius 1 is 0.933 bits per heavy atom. The number of likely N-dealkylation sites (tertiary alicyclic amines) is 1. The molecule has 0 aromatic carbocycles. The van der Waals surface area contributed by atoms with Gasteiger partial charge in [0.05, 0.1) is 6.61 Å². The van der Waals surface area contributed by atoms with E-state index in [4.69, 9.17) is 4.74 Å². The van der Waals surface area contributed by atoms with Gasteiger partial charge in [-0.25, -0.2) is 0 Å². The molecule has 3 N–H and O–H groups in total. The van der Waals surface area contributed by atoms with Crippen molar-refractivity contribution in [2.45, 2.75) is 43.8 Å². The van der Waals surface area contributed by atoms with Gasteiger partial charge in [-0.2, -0.15) is 0 Å². The van der Waals surface area contributed by atoms with Crippen molar-refractivity contribution in [3.8, 4) is 0 Å². The maximum absolute atomic E-state index is 9.78. The molecule has 0 radical (unpaired) electrons. The molecule has 0 aromatic heterocycles. The molecule has 2 aliphatic heterocycles. The Labute approximate surface area is 89.3 Å². The largest absolute Gasteiger partial charge is 0.388 e. The van der Waals surface area contributed by atoms with Crippen LogP contribution in [0.15, 0.2) is 0 Å². The lowest BCUT2D eigenvalue weighted by atomic mass is 10.0. The Balaban J connectivity index is 1.96. The summed E-state index contributed by atoms with van der Waals surface area (Å²) in [6.45, 7) is 1.88. The van der Waals surface area contributed by atoms with Crippen molar-refractivity contribution < 1.29 is 20.1 Å². The molecule has 0 aliphatic carbocycles. The van der Waals surface area contributed by atoms with Gasteiger partial charge in [0.25, 0.3) is 0 Å². The summed E-state index contributed by atoms with van der Waals surface area (Å²) in [7, 11) is 0. The van der Waals surface area contributed by atoms with Gasteiger partial charge in [0.1, 0.15) is 24.5 Å². The molecule has 2 aliphatic rings. The first-order chi connectivity index (χ1) is 7.20. The molecule has 88 valence electrons. The molecule has 0 spiro atoms. The first-order valence-corrected chi connectivity index (χ1v) is 5.60. The Bertz CT molecular complexity index is 206. The van der Waals surface area contributed by atoms with E-state index in [2.05, 4.69) is 0 Å². The van der Waals surface area contributed by atoms with Crippen LogP contribution >= 0.6 is 0 Å². The maximum atomic E-state index is 9.78. The van der Waals surface area contributed by atoms with Crippen LogP contribution in [0.3, 0.4) is 0 Å². The molecule has 0 amide bonds. The second kappa shape index (κ2) is 4.76. The number of aliphatic hydroxyl groups is 3. The van der Waals surface area contributed by atoms with Gasteiger partial charge in [-0.15, -0.1) is 0 Å². The maximum Gasteiger partial charge on any atom is 0.139 e. The van der Waals surface area contributed by atoms with E-state index >= 15 is 0 Å². The fourth-order valence-electron chi connectivity index (χ4n) is 2.28. The van der Waals surface area contributed by atoms with Crippen LogP contribution in [0, 0.1) is 0 Å². The molecule has 2 saturated heterocycles. The molecule has 0 saturated carbocycles.